The van der Waals surface area contributed by atoms with Crippen LogP contribution in [-0.4, -0.2) is 25.3 Å². The van der Waals surface area contributed by atoms with Crippen LogP contribution in [0, 0.1) is 11.6 Å². The molecule has 2 N–H and O–H groups in total. The van der Waals surface area contributed by atoms with Crippen LogP contribution in [0.25, 0.3) is 0 Å². The van der Waals surface area contributed by atoms with Gasteiger partial charge in [-0.2, -0.15) is 4.31 Å². The molecule has 0 aromatic heterocycles. The van der Waals surface area contributed by atoms with Crippen molar-refractivity contribution in [2.24, 2.45) is 0 Å². The van der Waals surface area contributed by atoms with Gasteiger partial charge < -0.3 is 5.73 Å². The minimum absolute atomic E-state index is 0.126. The van der Waals surface area contributed by atoms with Crippen LogP contribution in [0.15, 0.2) is 17.0 Å². The molecule has 1 heterocycles. The molecule has 0 radical (unpaired) electrons. The molecule has 1 aromatic rings. The summed E-state index contributed by atoms with van der Waals surface area (Å²) >= 11 is 0. The fourth-order valence-electron chi connectivity index (χ4n) is 2.78. The zero-order valence-corrected chi connectivity index (χ0v) is 12.8. The van der Waals surface area contributed by atoms with Crippen LogP contribution in [0.3, 0.4) is 0 Å². The van der Waals surface area contributed by atoms with Gasteiger partial charge >= 0.3 is 0 Å². The molecule has 0 saturated carbocycles. The fourth-order valence-corrected chi connectivity index (χ4v) is 4.59. The summed E-state index contributed by atoms with van der Waals surface area (Å²) in [5, 5.41) is 0. The second-order valence-electron chi connectivity index (χ2n) is 5.36. The van der Waals surface area contributed by atoms with Gasteiger partial charge in [0, 0.05) is 18.7 Å². The Bertz CT molecular complexity index is 618. The molecule has 1 aliphatic rings. The summed E-state index contributed by atoms with van der Waals surface area (Å²) in [7, 11) is -3.99. The number of hydrogen-bond donors (Lipinski definition) is 1. The number of nitrogens with two attached hydrogens (primary N) is 1. The van der Waals surface area contributed by atoms with Gasteiger partial charge in [0.1, 0.15) is 16.5 Å². The smallest absolute Gasteiger partial charge is 0.246 e. The van der Waals surface area contributed by atoms with E-state index in [1.165, 1.54) is 4.31 Å². The number of benzene rings is 1. The molecular formula is C14H20F2N2O2S. The van der Waals surface area contributed by atoms with Crippen molar-refractivity contribution in [2.75, 3.05) is 12.3 Å². The third-order valence-electron chi connectivity index (χ3n) is 3.83. The van der Waals surface area contributed by atoms with Crippen molar-refractivity contribution in [3.05, 3.63) is 23.8 Å². The van der Waals surface area contributed by atoms with Crippen LogP contribution in [0.4, 0.5) is 14.5 Å². The molecule has 1 aliphatic heterocycles. The normalized spacial score (nSPS) is 20.6. The van der Waals surface area contributed by atoms with Crippen LogP contribution < -0.4 is 5.73 Å². The van der Waals surface area contributed by atoms with E-state index in [1.54, 1.807) is 0 Å². The zero-order valence-electron chi connectivity index (χ0n) is 12.0. The van der Waals surface area contributed by atoms with E-state index >= 15 is 0 Å². The summed E-state index contributed by atoms with van der Waals surface area (Å²) < 4.78 is 53.8. The number of piperidine rings is 1. The average Bonchev–Trinajstić information content (AvgIpc) is 2.43. The Morgan fingerprint density at radius 3 is 2.67 bits per heavy atom. The number of halogens is 2. The number of hydrogen-bond acceptors (Lipinski definition) is 3. The molecule has 0 spiro atoms. The Morgan fingerprint density at radius 2 is 2.00 bits per heavy atom. The van der Waals surface area contributed by atoms with Gasteiger partial charge in [-0.25, -0.2) is 17.2 Å². The Balaban J connectivity index is 2.43. The summed E-state index contributed by atoms with van der Waals surface area (Å²) in [6.45, 7) is 2.35. The summed E-state index contributed by atoms with van der Waals surface area (Å²) in [4.78, 5) is -0.538. The summed E-state index contributed by atoms with van der Waals surface area (Å²) in [5.74, 6) is -2.04. The van der Waals surface area contributed by atoms with Crippen molar-refractivity contribution in [3.8, 4) is 0 Å². The van der Waals surface area contributed by atoms with E-state index in [1.807, 2.05) is 6.92 Å². The number of rotatable bonds is 4. The van der Waals surface area contributed by atoms with Gasteiger partial charge in [0.2, 0.25) is 10.0 Å². The molecule has 1 fully saturated rings. The highest BCUT2D eigenvalue weighted by Gasteiger charge is 2.35. The average molecular weight is 318 g/mol. The lowest BCUT2D eigenvalue weighted by atomic mass is 10.0. The molecule has 118 valence electrons. The quantitative estimate of drug-likeness (QED) is 0.868. The maximum absolute atomic E-state index is 13.9. The number of anilines is 1. The molecule has 4 nitrogen and oxygen atoms in total. The molecule has 1 unspecified atom stereocenters. The molecule has 1 atom stereocenters. The first-order chi connectivity index (χ1) is 9.87. The summed E-state index contributed by atoms with van der Waals surface area (Å²) in [5.41, 5.74) is 5.02. The van der Waals surface area contributed by atoms with Gasteiger partial charge in [0.25, 0.3) is 0 Å². The third-order valence-corrected chi connectivity index (χ3v) is 5.80. The van der Waals surface area contributed by atoms with Crippen LogP contribution in [0.5, 0.6) is 0 Å². The van der Waals surface area contributed by atoms with E-state index in [0.717, 1.165) is 38.2 Å². The predicted octanol–water partition coefficient (Wildman–Crippen LogP) is 2.89. The van der Waals surface area contributed by atoms with Gasteiger partial charge in [-0.3, -0.25) is 0 Å². The van der Waals surface area contributed by atoms with Crippen molar-refractivity contribution in [1.82, 2.24) is 4.31 Å². The van der Waals surface area contributed by atoms with Crippen molar-refractivity contribution >= 4 is 15.7 Å². The fraction of sp³-hybridized carbons (Fsp3) is 0.571. The molecule has 0 amide bonds. The van der Waals surface area contributed by atoms with Crippen molar-refractivity contribution in [2.45, 2.75) is 50.0 Å². The Morgan fingerprint density at radius 1 is 1.29 bits per heavy atom. The van der Waals surface area contributed by atoms with Crippen molar-refractivity contribution < 1.29 is 17.2 Å². The van der Waals surface area contributed by atoms with Gasteiger partial charge in [-0.05, 0) is 25.3 Å². The van der Waals surface area contributed by atoms with Crippen LogP contribution in [0.1, 0.15) is 39.0 Å². The van der Waals surface area contributed by atoms with E-state index in [0.29, 0.717) is 12.6 Å². The largest absolute Gasteiger partial charge is 0.396 e. The lowest BCUT2D eigenvalue weighted by Gasteiger charge is -2.34. The Kier molecular flexibility index (Phi) is 4.83. The minimum atomic E-state index is -3.99. The molecule has 21 heavy (non-hydrogen) atoms. The van der Waals surface area contributed by atoms with Crippen molar-refractivity contribution in [3.63, 3.8) is 0 Å². The second kappa shape index (κ2) is 6.27. The molecule has 1 saturated heterocycles. The van der Waals surface area contributed by atoms with Gasteiger partial charge in [-0.15, -0.1) is 0 Å². The summed E-state index contributed by atoms with van der Waals surface area (Å²) in [6.07, 6.45) is 4.07. The molecule has 1 aromatic carbocycles. The molecule has 2 rings (SSSR count). The first kappa shape index (κ1) is 16.2. The van der Waals surface area contributed by atoms with E-state index in [9.17, 15) is 17.2 Å². The molecule has 0 bridgehead atoms. The maximum atomic E-state index is 13.9. The monoisotopic (exact) mass is 318 g/mol. The highest BCUT2D eigenvalue weighted by Crippen LogP contribution is 2.30. The predicted molar refractivity (Wildman–Crippen MR) is 77.2 cm³/mol. The topological polar surface area (TPSA) is 63.4 Å². The number of nitrogens with zero attached hydrogens (tertiary/aromatic N) is 1. The minimum Gasteiger partial charge on any atom is -0.396 e. The van der Waals surface area contributed by atoms with E-state index < -0.39 is 26.6 Å². The van der Waals surface area contributed by atoms with Crippen LogP contribution in [0.2, 0.25) is 0 Å². The highest BCUT2D eigenvalue weighted by molar-refractivity contribution is 7.89. The standard InChI is InChI=1S/C14H20F2N2O2S/c1-2-5-10-6-3-4-7-18(10)21(19,20)14-9-13(17)11(15)8-12(14)16/h8-10H,2-7,17H2,1H3. The first-order valence-corrected chi connectivity index (χ1v) is 8.58. The first-order valence-electron chi connectivity index (χ1n) is 7.14. The third kappa shape index (κ3) is 3.18. The van der Waals surface area contributed by atoms with Gasteiger partial charge in [-0.1, -0.05) is 19.8 Å². The van der Waals surface area contributed by atoms with E-state index in [4.69, 9.17) is 5.73 Å². The van der Waals surface area contributed by atoms with Crippen LogP contribution >= 0.6 is 0 Å². The van der Waals surface area contributed by atoms with Gasteiger partial charge in [0.15, 0.2) is 0 Å². The van der Waals surface area contributed by atoms with Crippen molar-refractivity contribution in [1.29, 1.82) is 0 Å². The van der Waals surface area contributed by atoms with Crippen LogP contribution in [-0.2, 0) is 10.0 Å². The lowest BCUT2D eigenvalue weighted by Crippen LogP contribution is -2.43. The SMILES string of the molecule is CCCC1CCCCN1S(=O)(=O)c1cc(N)c(F)cc1F. The maximum Gasteiger partial charge on any atom is 0.246 e. The number of sulfonamides is 1. The lowest BCUT2D eigenvalue weighted by molar-refractivity contribution is 0.239. The highest BCUT2D eigenvalue weighted by atomic mass is 32.2. The molecule has 0 aliphatic carbocycles. The molecular weight excluding hydrogens is 298 g/mol. The second-order valence-corrected chi connectivity index (χ2v) is 7.22. The Hall–Kier alpha value is -1.21. The number of nitrogen functional groups attached to an aromatic ring is 1. The van der Waals surface area contributed by atoms with E-state index in [2.05, 4.69) is 0 Å². The summed E-state index contributed by atoms with van der Waals surface area (Å²) in [6, 6.07) is 1.28. The Labute approximate surface area is 124 Å². The zero-order chi connectivity index (χ0) is 15.6. The molecule has 7 heteroatoms. The van der Waals surface area contributed by atoms with Gasteiger partial charge in [0.05, 0.1) is 5.69 Å². The van der Waals surface area contributed by atoms with E-state index in [-0.39, 0.29) is 11.7 Å².